The minimum absolute atomic E-state index is 0.308. The van der Waals surface area contributed by atoms with Gasteiger partial charge in [-0.2, -0.15) is 0 Å². The van der Waals surface area contributed by atoms with Gasteiger partial charge in [-0.25, -0.2) is 10.3 Å². The number of rotatable bonds is 7. The molecule has 0 aromatic heterocycles. The van der Waals surface area contributed by atoms with Crippen molar-refractivity contribution in [1.29, 1.82) is 0 Å². The fourth-order valence-corrected chi connectivity index (χ4v) is 1.02. The van der Waals surface area contributed by atoms with Crippen LogP contribution in [-0.4, -0.2) is 28.9 Å². The van der Waals surface area contributed by atoms with Crippen molar-refractivity contribution in [2.24, 2.45) is 0 Å². The lowest BCUT2D eigenvalue weighted by atomic mass is 10.1. The van der Waals surface area contributed by atoms with E-state index in [0.29, 0.717) is 19.4 Å². The molecule has 0 aromatic rings. The van der Waals surface area contributed by atoms with E-state index in [2.05, 4.69) is 5.32 Å². The van der Waals surface area contributed by atoms with Gasteiger partial charge in [-0.15, -0.1) is 0 Å². The quantitative estimate of drug-likeness (QED) is 0.279. The van der Waals surface area contributed by atoms with Crippen LogP contribution in [0.25, 0.3) is 0 Å². The van der Waals surface area contributed by atoms with Crippen molar-refractivity contribution in [2.45, 2.75) is 32.1 Å². The summed E-state index contributed by atoms with van der Waals surface area (Å²) < 4.78 is 0. The van der Waals surface area contributed by atoms with Crippen LogP contribution < -0.4 is 10.8 Å². The molecule has 0 saturated heterocycles. The van der Waals surface area contributed by atoms with Crippen molar-refractivity contribution in [3.05, 3.63) is 0 Å². The van der Waals surface area contributed by atoms with Gasteiger partial charge in [0.2, 0.25) is 5.91 Å². The second kappa shape index (κ2) is 8.31. The largest absolute Gasteiger partial charge is 0.465 e. The van der Waals surface area contributed by atoms with Crippen molar-refractivity contribution in [1.82, 2.24) is 10.8 Å². The molecular weight excluding hydrogens is 188 g/mol. The molecule has 0 fully saturated rings. The summed E-state index contributed by atoms with van der Waals surface area (Å²) in [5, 5.41) is 18.6. The Kier molecular flexibility index (Phi) is 7.53. The molecule has 0 aliphatic heterocycles. The molecule has 0 bridgehead atoms. The number of carbonyl (C=O) groups is 2. The smallest absolute Gasteiger partial charge is 0.404 e. The number of carbonyl (C=O) groups excluding carboxylic acids is 1. The van der Waals surface area contributed by atoms with E-state index in [1.807, 2.05) is 0 Å². The number of amides is 2. The summed E-state index contributed by atoms with van der Waals surface area (Å²) in [6, 6.07) is 0. The molecule has 82 valence electrons. The van der Waals surface area contributed by atoms with E-state index < -0.39 is 6.09 Å². The Labute approximate surface area is 82.3 Å². The van der Waals surface area contributed by atoms with E-state index >= 15 is 0 Å². The maximum Gasteiger partial charge on any atom is 0.404 e. The number of hydrogen-bond acceptors (Lipinski definition) is 3. The molecule has 0 saturated carbocycles. The maximum atomic E-state index is 10.5. The van der Waals surface area contributed by atoms with Gasteiger partial charge in [0.05, 0.1) is 0 Å². The normalized spacial score (nSPS) is 9.50. The van der Waals surface area contributed by atoms with Gasteiger partial charge in [-0.3, -0.25) is 10.0 Å². The first-order chi connectivity index (χ1) is 6.66. The fourth-order valence-electron chi connectivity index (χ4n) is 1.02. The summed E-state index contributed by atoms with van der Waals surface area (Å²) in [4.78, 5) is 20.6. The minimum atomic E-state index is -1.01. The molecule has 0 aliphatic carbocycles. The number of carboxylic acid groups (broad SMARTS) is 1. The predicted octanol–water partition coefficient (Wildman–Crippen LogP) is 0.710. The molecular formula is C8H16N2O4. The van der Waals surface area contributed by atoms with Gasteiger partial charge in [0.1, 0.15) is 0 Å². The average Bonchev–Trinajstić information content (AvgIpc) is 2.15. The second-order valence-electron chi connectivity index (χ2n) is 2.93. The monoisotopic (exact) mass is 204 g/mol. The molecule has 0 spiro atoms. The van der Waals surface area contributed by atoms with Crippen molar-refractivity contribution in [2.75, 3.05) is 6.54 Å². The van der Waals surface area contributed by atoms with Gasteiger partial charge in [-0.1, -0.05) is 12.8 Å². The first-order valence-corrected chi connectivity index (χ1v) is 4.56. The maximum absolute atomic E-state index is 10.5. The van der Waals surface area contributed by atoms with Crippen molar-refractivity contribution in [3.63, 3.8) is 0 Å². The van der Waals surface area contributed by atoms with Crippen LogP contribution in [0.3, 0.4) is 0 Å². The van der Waals surface area contributed by atoms with Gasteiger partial charge in [-0.05, 0) is 12.8 Å². The van der Waals surface area contributed by atoms with E-state index in [0.717, 1.165) is 19.3 Å². The molecule has 2 amide bonds. The number of unbranched alkanes of at least 4 members (excludes halogenated alkanes) is 3. The highest BCUT2D eigenvalue weighted by molar-refractivity contribution is 5.74. The summed E-state index contributed by atoms with van der Waals surface area (Å²) in [6.07, 6.45) is 2.51. The Morgan fingerprint density at radius 3 is 2.29 bits per heavy atom. The van der Waals surface area contributed by atoms with Crippen LogP contribution in [0, 0.1) is 0 Å². The van der Waals surface area contributed by atoms with Crippen LogP contribution in [0.5, 0.6) is 0 Å². The third-order valence-electron chi connectivity index (χ3n) is 1.73. The number of nitrogens with one attached hydrogen (secondary N) is 2. The summed E-state index contributed by atoms with van der Waals surface area (Å²) in [5.41, 5.74) is 1.55. The fraction of sp³-hybridized carbons (Fsp3) is 0.750. The average molecular weight is 204 g/mol. The van der Waals surface area contributed by atoms with Crippen LogP contribution in [-0.2, 0) is 4.79 Å². The summed E-state index contributed by atoms with van der Waals surface area (Å²) >= 11 is 0. The Morgan fingerprint density at radius 2 is 1.71 bits per heavy atom. The van der Waals surface area contributed by atoms with Crippen molar-refractivity contribution < 1.29 is 19.9 Å². The second-order valence-corrected chi connectivity index (χ2v) is 2.93. The highest BCUT2D eigenvalue weighted by atomic mass is 16.5. The summed E-state index contributed by atoms with van der Waals surface area (Å²) in [6.45, 7) is 0.446. The lowest BCUT2D eigenvalue weighted by Gasteiger charge is -2.01. The first kappa shape index (κ1) is 12.7. The van der Waals surface area contributed by atoms with Crippen LogP contribution in [0.15, 0.2) is 0 Å². The molecule has 0 radical (unpaired) electrons. The highest BCUT2D eigenvalue weighted by Gasteiger charge is 1.98. The topological polar surface area (TPSA) is 98.7 Å². The van der Waals surface area contributed by atoms with Gasteiger partial charge < -0.3 is 10.4 Å². The lowest BCUT2D eigenvalue weighted by Crippen LogP contribution is -2.21. The molecule has 6 nitrogen and oxygen atoms in total. The Bertz CT molecular complexity index is 184. The van der Waals surface area contributed by atoms with Crippen LogP contribution in [0.1, 0.15) is 32.1 Å². The van der Waals surface area contributed by atoms with Crippen LogP contribution in [0.2, 0.25) is 0 Å². The third-order valence-corrected chi connectivity index (χ3v) is 1.73. The minimum Gasteiger partial charge on any atom is -0.465 e. The van der Waals surface area contributed by atoms with E-state index in [4.69, 9.17) is 10.3 Å². The molecule has 0 heterocycles. The summed E-state index contributed by atoms with van der Waals surface area (Å²) in [7, 11) is 0. The molecule has 6 heteroatoms. The van der Waals surface area contributed by atoms with E-state index in [9.17, 15) is 9.59 Å². The third kappa shape index (κ3) is 8.79. The zero-order chi connectivity index (χ0) is 10.8. The highest BCUT2D eigenvalue weighted by Crippen LogP contribution is 2.01. The van der Waals surface area contributed by atoms with Gasteiger partial charge >= 0.3 is 6.09 Å². The molecule has 0 unspecified atom stereocenters. The zero-order valence-electron chi connectivity index (χ0n) is 7.95. The number of hydroxylamine groups is 1. The van der Waals surface area contributed by atoms with Gasteiger partial charge in [0.15, 0.2) is 0 Å². The molecule has 0 atom stereocenters. The predicted molar refractivity (Wildman–Crippen MR) is 49.0 cm³/mol. The van der Waals surface area contributed by atoms with Gasteiger partial charge in [0, 0.05) is 13.0 Å². The van der Waals surface area contributed by atoms with Crippen LogP contribution in [0.4, 0.5) is 4.79 Å². The molecule has 0 rings (SSSR count). The Hall–Kier alpha value is -1.30. The standard InChI is InChI=1S/C8H16N2O4/c11-7(10-14)5-3-1-2-4-6-9-8(12)13/h9,14H,1-6H2,(H,10,11)(H,12,13). The molecule has 4 N–H and O–H groups in total. The van der Waals surface area contributed by atoms with Crippen LogP contribution >= 0.6 is 0 Å². The van der Waals surface area contributed by atoms with Crippen molar-refractivity contribution in [3.8, 4) is 0 Å². The van der Waals surface area contributed by atoms with Crippen molar-refractivity contribution >= 4 is 12.0 Å². The number of hydrogen-bond donors (Lipinski definition) is 4. The Morgan fingerprint density at radius 1 is 1.07 bits per heavy atom. The van der Waals surface area contributed by atoms with Gasteiger partial charge in [0.25, 0.3) is 0 Å². The summed E-state index contributed by atoms with van der Waals surface area (Å²) in [5.74, 6) is -0.381. The van der Waals surface area contributed by atoms with E-state index in [1.54, 1.807) is 5.48 Å². The lowest BCUT2D eigenvalue weighted by molar-refractivity contribution is -0.129. The first-order valence-electron chi connectivity index (χ1n) is 4.56. The van der Waals surface area contributed by atoms with E-state index in [-0.39, 0.29) is 5.91 Å². The Balaban J connectivity index is 3.06. The van der Waals surface area contributed by atoms with E-state index in [1.165, 1.54) is 0 Å². The zero-order valence-corrected chi connectivity index (χ0v) is 7.95. The molecule has 14 heavy (non-hydrogen) atoms. The SMILES string of the molecule is O=C(O)NCCCCCCC(=O)NO. The molecule has 0 aromatic carbocycles. The molecule has 0 aliphatic rings.